The van der Waals surface area contributed by atoms with Crippen molar-refractivity contribution in [3.8, 4) is 0 Å². The number of aliphatic hydroxyl groups excluding tert-OH is 1. The fourth-order valence-electron chi connectivity index (χ4n) is 2.38. The number of hydrogen-bond acceptors (Lipinski definition) is 2. The molecule has 0 spiro atoms. The largest absolute Gasteiger partial charge is 0.384 e. The van der Waals surface area contributed by atoms with Crippen LogP contribution in [0.2, 0.25) is 0 Å². The predicted molar refractivity (Wildman–Crippen MR) is 66.7 cm³/mol. The molecule has 0 aliphatic heterocycles. The lowest BCUT2D eigenvalue weighted by atomic mass is 10.0. The summed E-state index contributed by atoms with van der Waals surface area (Å²) < 4.78 is 26.4. The number of halogens is 2. The van der Waals surface area contributed by atoms with E-state index in [0.29, 0.717) is 11.4 Å². The highest BCUT2D eigenvalue weighted by atomic mass is 19.3. The molecule has 3 rings (SSSR count). The Bertz CT molecular complexity index is 634. The second kappa shape index (κ2) is 4.59. The van der Waals surface area contributed by atoms with Gasteiger partial charge in [0.2, 0.25) is 0 Å². The van der Waals surface area contributed by atoms with Crippen LogP contribution in [0, 0.1) is 0 Å². The molecule has 0 amide bonds. The minimum atomic E-state index is -2.44. The highest BCUT2D eigenvalue weighted by molar-refractivity contribution is 5.82. The van der Waals surface area contributed by atoms with Crippen LogP contribution in [-0.4, -0.2) is 21.1 Å². The fraction of sp³-hybridized carbons (Fsp3) is 0.214. The maximum absolute atomic E-state index is 12.5. The van der Waals surface area contributed by atoms with Gasteiger partial charge >= 0.3 is 0 Å². The zero-order valence-electron chi connectivity index (χ0n) is 10.0. The number of fused-ring (bicyclic) bond motifs is 1. The minimum Gasteiger partial charge on any atom is -0.384 e. The van der Waals surface area contributed by atoms with Crippen LogP contribution in [0.25, 0.3) is 5.57 Å². The normalized spacial score (nSPS) is 17.7. The highest BCUT2D eigenvalue weighted by Gasteiger charge is 2.25. The van der Waals surface area contributed by atoms with E-state index in [0.717, 1.165) is 11.1 Å². The molecule has 1 atom stereocenters. The third-order valence-corrected chi connectivity index (χ3v) is 3.19. The van der Waals surface area contributed by atoms with Crippen molar-refractivity contribution in [2.45, 2.75) is 19.1 Å². The van der Waals surface area contributed by atoms with Crippen molar-refractivity contribution in [3.05, 3.63) is 59.7 Å². The van der Waals surface area contributed by atoms with Crippen molar-refractivity contribution < 1.29 is 13.9 Å². The van der Waals surface area contributed by atoms with Crippen LogP contribution in [0.1, 0.15) is 23.1 Å². The number of alkyl halides is 2. The summed E-state index contributed by atoms with van der Waals surface area (Å²) >= 11 is 0. The first-order valence-corrected chi connectivity index (χ1v) is 5.95. The molecule has 2 aromatic rings. The number of rotatable bonds is 3. The molecule has 1 N–H and O–H groups in total. The van der Waals surface area contributed by atoms with Gasteiger partial charge < -0.3 is 9.67 Å². The molecular weight excluding hydrogens is 250 g/mol. The first kappa shape index (κ1) is 12.0. The van der Waals surface area contributed by atoms with Gasteiger partial charge in [0.15, 0.2) is 0 Å². The van der Waals surface area contributed by atoms with Gasteiger partial charge in [-0.3, -0.25) is 0 Å². The van der Waals surface area contributed by atoms with Crippen LogP contribution >= 0.6 is 0 Å². The molecule has 0 bridgehead atoms. The van der Waals surface area contributed by atoms with Gasteiger partial charge in [0.1, 0.15) is 5.82 Å². The van der Waals surface area contributed by atoms with Crippen LogP contribution in [0.5, 0.6) is 0 Å². The number of aliphatic hydroxyl groups is 1. The van der Waals surface area contributed by atoms with Gasteiger partial charge in [-0.25, -0.2) is 13.8 Å². The van der Waals surface area contributed by atoms with Gasteiger partial charge in [0.05, 0.1) is 12.6 Å². The lowest BCUT2D eigenvalue weighted by Gasteiger charge is -2.09. The first-order chi connectivity index (χ1) is 9.16. The van der Waals surface area contributed by atoms with Crippen LogP contribution < -0.4 is 0 Å². The summed E-state index contributed by atoms with van der Waals surface area (Å²) in [4.78, 5) is 4.13. The summed E-state index contributed by atoms with van der Waals surface area (Å²) in [6.07, 6.45) is 1.52. The van der Waals surface area contributed by atoms with E-state index in [9.17, 15) is 13.9 Å². The van der Waals surface area contributed by atoms with Crippen LogP contribution in [-0.2, 0) is 6.54 Å². The molecule has 0 radical (unpaired) electrons. The Morgan fingerprint density at radius 3 is 2.89 bits per heavy atom. The zero-order chi connectivity index (χ0) is 13.4. The Morgan fingerprint density at radius 1 is 1.32 bits per heavy atom. The molecule has 1 heterocycles. The van der Waals surface area contributed by atoms with Gasteiger partial charge in [-0.05, 0) is 17.2 Å². The monoisotopic (exact) mass is 262 g/mol. The Balaban J connectivity index is 2.05. The predicted octanol–water partition coefficient (Wildman–Crippen LogP) is 2.63. The van der Waals surface area contributed by atoms with E-state index in [1.54, 1.807) is 6.08 Å². The lowest BCUT2D eigenvalue weighted by Crippen LogP contribution is -2.09. The number of benzene rings is 1. The van der Waals surface area contributed by atoms with Crippen molar-refractivity contribution in [2.75, 3.05) is 0 Å². The maximum Gasteiger partial charge on any atom is 0.256 e. The molecule has 1 aromatic carbocycles. The molecular formula is C14H12F2N2O. The quantitative estimate of drug-likeness (QED) is 0.923. The third kappa shape index (κ3) is 2.06. The molecule has 1 aromatic heterocycles. The second-order valence-electron chi connectivity index (χ2n) is 4.41. The molecule has 1 aliphatic rings. The van der Waals surface area contributed by atoms with E-state index in [2.05, 4.69) is 4.98 Å². The molecule has 0 saturated carbocycles. The maximum atomic E-state index is 12.5. The van der Waals surface area contributed by atoms with E-state index in [4.69, 9.17) is 0 Å². The average molecular weight is 262 g/mol. The fourth-order valence-corrected chi connectivity index (χ4v) is 2.38. The molecule has 0 fully saturated rings. The van der Waals surface area contributed by atoms with E-state index in [1.165, 1.54) is 17.0 Å². The molecule has 98 valence electrons. The number of hydrogen-bond donors (Lipinski definition) is 1. The van der Waals surface area contributed by atoms with Gasteiger partial charge in [0, 0.05) is 18.0 Å². The molecule has 0 saturated heterocycles. The standard InChI is InChI=1S/C14H12F2N2O/c15-13(16)8-18-6-5-17-14(18)11-7-12(19)10-4-2-1-3-9(10)11/h1-7,12-13,19H,8H2. The Hall–Kier alpha value is -2.01. The molecule has 1 aliphatic carbocycles. The number of nitrogens with zero attached hydrogens (tertiary/aromatic N) is 2. The summed E-state index contributed by atoms with van der Waals surface area (Å²) in [6.45, 7) is -0.398. The SMILES string of the molecule is OC1C=C(c2nccn2CC(F)F)c2ccccc21. The lowest BCUT2D eigenvalue weighted by molar-refractivity contribution is 0.126. The van der Waals surface area contributed by atoms with Crippen LogP contribution in [0.3, 0.4) is 0 Å². The van der Waals surface area contributed by atoms with Gasteiger partial charge in [-0.15, -0.1) is 0 Å². The van der Waals surface area contributed by atoms with Gasteiger partial charge in [-0.1, -0.05) is 24.3 Å². The highest BCUT2D eigenvalue weighted by Crippen LogP contribution is 2.37. The van der Waals surface area contributed by atoms with Crippen molar-refractivity contribution in [1.82, 2.24) is 9.55 Å². The van der Waals surface area contributed by atoms with Gasteiger partial charge in [0.25, 0.3) is 6.43 Å². The smallest absolute Gasteiger partial charge is 0.256 e. The minimum absolute atomic E-state index is 0.398. The molecule has 19 heavy (non-hydrogen) atoms. The summed E-state index contributed by atoms with van der Waals surface area (Å²) in [6, 6.07) is 7.37. The van der Waals surface area contributed by atoms with Crippen LogP contribution in [0.4, 0.5) is 8.78 Å². The first-order valence-electron chi connectivity index (χ1n) is 5.95. The Labute approximate surface area is 108 Å². The third-order valence-electron chi connectivity index (χ3n) is 3.19. The Morgan fingerprint density at radius 2 is 2.11 bits per heavy atom. The average Bonchev–Trinajstić information content (AvgIpc) is 2.94. The van der Waals surface area contributed by atoms with E-state index < -0.39 is 19.1 Å². The van der Waals surface area contributed by atoms with Crippen molar-refractivity contribution in [2.24, 2.45) is 0 Å². The Kier molecular flexibility index (Phi) is 2.91. The van der Waals surface area contributed by atoms with E-state index in [-0.39, 0.29) is 0 Å². The van der Waals surface area contributed by atoms with Gasteiger partial charge in [-0.2, -0.15) is 0 Å². The summed E-state index contributed by atoms with van der Waals surface area (Å²) in [5.41, 5.74) is 2.33. The summed E-state index contributed by atoms with van der Waals surface area (Å²) in [5.74, 6) is 0.462. The molecule has 5 heteroatoms. The van der Waals surface area contributed by atoms with Crippen molar-refractivity contribution in [3.63, 3.8) is 0 Å². The topological polar surface area (TPSA) is 38.1 Å². The zero-order valence-corrected chi connectivity index (χ0v) is 10.0. The molecule has 3 nitrogen and oxygen atoms in total. The van der Waals surface area contributed by atoms with E-state index >= 15 is 0 Å². The van der Waals surface area contributed by atoms with Crippen molar-refractivity contribution >= 4 is 5.57 Å². The van der Waals surface area contributed by atoms with Crippen LogP contribution in [0.15, 0.2) is 42.7 Å². The molecule has 1 unspecified atom stereocenters. The van der Waals surface area contributed by atoms with E-state index in [1.807, 2.05) is 24.3 Å². The number of aromatic nitrogens is 2. The summed E-state index contributed by atoms with van der Waals surface area (Å²) in [5, 5.41) is 9.96. The van der Waals surface area contributed by atoms with Crippen molar-refractivity contribution in [1.29, 1.82) is 0 Å². The summed E-state index contributed by atoms with van der Waals surface area (Å²) in [7, 11) is 0. The second-order valence-corrected chi connectivity index (χ2v) is 4.41. The number of imidazole rings is 1.